The Morgan fingerprint density at radius 2 is 1.75 bits per heavy atom. The highest BCUT2D eigenvalue weighted by molar-refractivity contribution is 7.93. The zero-order chi connectivity index (χ0) is 25.3. The zero-order valence-electron chi connectivity index (χ0n) is 19.9. The Morgan fingerprint density at radius 1 is 1.06 bits per heavy atom. The van der Waals surface area contributed by atoms with E-state index in [0.717, 1.165) is 41.8 Å². The molecule has 1 aliphatic heterocycles. The summed E-state index contributed by atoms with van der Waals surface area (Å²) < 4.78 is 50.8. The maximum Gasteiger partial charge on any atom is 0.270 e. The summed E-state index contributed by atoms with van der Waals surface area (Å²) in [6, 6.07) is 8.32. The second-order valence-electron chi connectivity index (χ2n) is 7.92. The summed E-state index contributed by atoms with van der Waals surface area (Å²) in [4.78, 5) is 7.61. The van der Waals surface area contributed by atoms with Gasteiger partial charge in [-0.2, -0.15) is 0 Å². The minimum absolute atomic E-state index is 0.00725. The maximum atomic E-state index is 13.3. The normalized spacial score (nSPS) is 14.1. The first-order chi connectivity index (χ1) is 17.4. The first-order valence-electron chi connectivity index (χ1n) is 11.1. The van der Waals surface area contributed by atoms with E-state index in [2.05, 4.69) is 25.1 Å². The van der Waals surface area contributed by atoms with E-state index in [1.54, 1.807) is 23.5 Å². The number of aromatic nitrogens is 2. The van der Waals surface area contributed by atoms with Gasteiger partial charge in [0.25, 0.3) is 10.0 Å². The van der Waals surface area contributed by atoms with E-state index in [9.17, 15) is 8.42 Å². The van der Waals surface area contributed by atoms with E-state index in [1.807, 2.05) is 12.3 Å². The lowest BCUT2D eigenvalue weighted by Gasteiger charge is -2.26. The molecule has 3 heterocycles. The number of hydrogen-bond donors (Lipinski definition) is 2. The van der Waals surface area contributed by atoms with Crippen LogP contribution in [-0.4, -0.2) is 66.1 Å². The van der Waals surface area contributed by atoms with Crippen molar-refractivity contribution in [3.8, 4) is 27.7 Å². The van der Waals surface area contributed by atoms with Gasteiger partial charge >= 0.3 is 0 Å². The molecular weight excluding hydrogens is 506 g/mol. The van der Waals surface area contributed by atoms with Crippen LogP contribution in [0.15, 0.2) is 45.9 Å². The summed E-state index contributed by atoms with van der Waals surface area (Å²) in [6.07, 6.45) is 1.82. The number of thiazole rings is 1. The quantitative estimate of drug-likeness (QED) is 0.350. The molecule has 2 N–H and O–H groups in total. The number of piperazine rings is 1. The summed E-state index contributed by atoms with van der Waals surface area (Å²) in [6.45, 7) is 3.65. The van der Waals surface area contributed by atoms with Crippen LogP contribution in [0.3, 0.4) is 0 Å². The maximum absolute atomic E-state index is 13.3. The number of nitrogens with one attached hydrogen (secondary N) is 2. The van der Waals surface area contributed by atoms with Crippen molar-refractivity contribution in [3.05, 3.63) is 36.5 Å². The Balaban J connectivity index is 1.51. The van der Waals surface area contributed by atoms with Crippen LogP contribution >= 0.6 is 11.3 Å². The average Bonchev–Trinajstić information content (AvgIpc) is 3.56. The van der Waals surface area contributed by atoms with Crippen LogP contribution in [0, 0.1) is 0 Å². The Labute approximate surface area is 212 Å². The van der Waals surface area contributed by atoms with Crippen molar-refractivity contribution in [1.29, 1.82) is 0 Å². The van der Waals surface area contributed by atoms with Crippen LogP contribution in [0.4, 0.5) is 10.9 Å². The number of sulfonamides is 1. The lowest BCUT2D eigenvalue weighted by molar-refractivity contribution is 0.373. The molecule has 0 unspecified atom stereocenters. The summed E-state index contributed by atoms with van der Waals surface area (Å²) in [7, 11) is 0.124. The van der Waals surface area contributed by atoms with Crippen molar-refractivity contribution in [2.75, 3.05) is 57.1 Å². The number of ether oxygens (including phenoxy) is 3. The van der Waals surface area contributed by atoms with Crippen molar-refractivity contribution in [3.63, 3.8) is 0 Å². The fourth-order valence-electron chi connectivity index (χ4n) is 4.07. The minimum Gasteiger partial charge on any atom is -0.496 e. The fraction of sp³-hybridized carbons (Fsp3) is 0.304. The van der Waals surface area contributed by atoms with E-state index < -0.39 is 10.0 Å². The van der Waals surface area contributed by atoms with Crippen LogP contribution in [0.25, 0.3) is 21.4 Å². The molecule has 2 aromatic heterocycles. The number of rotatable bonds is 8. The molecule has 11 nitrogen and oxygen atoms in total. The Morgan fingerprint density at radius 3 is 2.42 bits per heavy atom. The second-order valence-corrected chi connectivity index (χ2v) is 10.6. The van der Waals surface area contributed by atoms with E-state index in [4.69, 9.17) is 18.7 Å². The Hall–Kier alpha value is -3.55. The number of anilines is 2. The monoisotopic (exact) mass is 531 g/mol. The number of benzene rings is 2. The molecule has 5 rings (SSSR count). The van der Waals surface area contributed by atoms with Gasteiger partial charge < -0.3 is 29.0 Å². The van der Waals surface area contributed by atoms with Gasteiger partial charge in [0.05, 0.1) is 26.2 Å². The molecular formula is C23H25N5O6S2. The van der Waals surface area contributed by atoms with Gasteiger partial charge in [0.1, 0.15) is 22.6 Å². The van der Waals surface area contributed by atoms with Gasteiger partial charge in [0.15, 0.2) is 21.4 Å². The summed E-state index contributed by atoms with van der Waals surface area (Å²) in [5.41, 5.74) is 1.20. The molecule has 1 fully saturated rings. The topological polar surface area (TPSA) is 128 Å². The third-order valence-corrected chi connectivity index (χ3v) is 8.31. The van der Waals surface area contributed by atoms with Gasteiger partial charge in [-0.3, -0.25) is 4.72 Å². The van der Waals surface area contributed by atoms with Gasteiger partial charge in [0.2, 0.25) is 0 Å². The molecule has 4 aromatic rings. The van der Waals surface area contributed by atoms with E-state index in [1.165, 1.54) is 33.5 Å². The van der Waals surface area contributed by atoms with Crippen molar-refractivity contribution >= 4 is 43.3 Å². The summed E-state index contributed by atoms with van der Waals surface area (Å²) in [5.74, 6) is 0.668. The number of hydrogen-bond acceptors (Lipinski definition) is 11. The smallest absolute Gasteiger partial charge is 0.270 e. The Bertz CT molecular complexity index is 1470. The lowest BCUT2D eigenvalue weighted by Crippen LogP contribution is -2.43. The highest BCUT2D eigenvalue weighted by Gasteiger charge is 2.28. The average molecular weight is 532 g/mol. The highest BCUT2D eigenvalue weighted by atomic mass is 32.2. The largest absolute Gasteiger partial charge is 0.496 e. The highest BCUT2D eigenvalue weighted by Crippen LogP contribution is 2.41. The molecule has 36 heavy (non-hydrogen) atoms. The molecule has 1 aliphatic rings. The second kappa shape index (κ2) is 9.84. The molecule has 0 atom stereocenters. The molecule has 0 radical (unpaired) electrons. The van der Waals surface area contributed by atoms with Gasteiger partial charge in [-0.1, -0.05) is 22.6 Å². The van der Waals surface area contributed by atoms with Crippen LogP contribution in [0.1, 0.15) is 0 Å². The zero-order valence-corrected chi connectivity index (χ0v) is 21.5. The number of fused-ring (bicyclic) bond motifs is 1. The SMILES string of the molecule is COc1cccc(OC)c1S(=O)(=O)Nc1noc2cc(-c3cnc(N4CCNCC4)s3)cc(OC)c12. The van der Waals surface area contributed by atoms with Gasteiger partial charge in [-0.05, 0) is 24.3 Å². The summed E-state index contributed by atoms with van der Waals surface area (Å²) in [5, 5.41) is 8.66. The van der Waals surface area contributed by atoms with Crippen LogP contribution in [0.2, 0.25) is 0 Å². The molecule has 0 bridgehead atoms. The number of nitrogens with zero attached hydrogens (tertiary/aromatic N) is 3. The molecule has 2 aromatic carbocycles. The van der Waals surface area contributed by atoms with Crippen molar-refractivity contribution < 1.29 is 27.2 Å². The lowest BCUT2D eigenvalue weighted by atomic mass is 10.1. The van der Waals surface area contributed by atoms with Crippen molar-refractivity contribution in [2.24, 2.45) is 0 Å². The van der Waals surface area contributed by atoms with E-state index >= 15 is 0 Å². The molecule has 190 valence electrons. The van der Waals surface area contributed by atoms with E-state index in [0.29, 0.717) is 16.7 Å². The standard InChI is InChI=1S/C23H25N5O6S2/c1-31-15-5-4-6-16(32-2)21(15)36(29,30)27-22-20-17(33-3)11-14(12-18(20)34-26-22)19-13-25-23(35-19)28-9-7-24-8-10-28/h4-6,11-13,24H,7-10H2,1-3H3,(H,26,27). The van der Waals surface area contributed by atoms with Crippen LogP contribution in [-0.2, 0) is 10.0 Å². The van der Waals surface area contributed by atoms with Gasteiger partial charge in [-0.15, -0.1) is 0 Å². The van der Waals surface area contributed by atoms with Gasteiger partial charge in [-0.25, -0.2) is 13.4 Å². The van der Waals surface area contributed by atoms with Crippen LogP contribution in [0.5, 0.6) is 17.2 Å². The number of methoxy groups -OCH3 is 3. The van der Waals surface area contributed by atoms with E-state index in [-0.39, 0.29) is 22.2 Å². The van der Waals surface area contributed by atoms with Crippen molar-refractivity contribution in [2.45, 2.75) is 4.90 Å². The van der Waals surface area contributed by atoms with Gasteiger partial charge in [0, 0.05) is 37.9 Å². The third kappa shape index (κ3) is 4.40. The molecule has 0 spiro atoms. The molecule has 0 aliphatic carbocycles. The third-order valence-electron chi connectivity index (χ3n) is 5.81. The summed E-state index contributed by atoms with van der Waals surface area (Å²) >= 11 is 1.57. The predicted octanol–water partition coefficient (Wildman–Crippen LogP) is 3.19. The predicted molar refractivity (Wildman–Crippen MR) is 137 cm³/mol. The van der Waals surface area contributed by atoms with Crippen molar-refractivity contribution in [1.82, 2.24) is 15.5 Å². The molecule has 0 amide bonds. The first-order valence-corrected chi connectivity index (χ1v) is 13.4. The molecule has 1 saturated heterocycles. The Kier molecular flexibility index (Phi) is 6.60. The first kappa shape index (κ1) is 24.2. The van der Waals surface area contributed by atoms with Crippen LogP contribution < -0.4 is 29.1 Å². The molecule has 13 heteroatoms. The molecule has 0 saturated carbocycles. The minimum atomic E-state index is -4.15. The fourth-order valence-corrected chi connectivity index (χ4v) is 6.35.